The van der Waals surface area contributed by atoms with E-state index in [9.17, 15) is 0 Å². The van der Waals surface area contributed by atoms with Crippen molar-refractivity contribution in [2.75, 3.05) is 4.90 Å². The molecule has 0 heterocycles. The van der Waals surface area contributed by atoms with Crippen LogP contribution in [-0.2, 0) is 5.41 Å². The predicted octanol–water partition coefficient (Wildman–Crippen LogP) is 16.5. The second kappa shape index (κ2) is 15.0. The van der Waals surface area contributed by atoms with E-state index in [1.165, 1.54) is 89.0 Å². The third kappa shape index (κ3) is 5.77. The van der Waals surface area contributed by atoms with Gasteiger partial charge in [-0.15, -0.1) is 0 Å². The Morgan fingerprint density at radius 3 is 1.41 bits per heavy atom. The lowest BCUT2D eigenvalue weighted by molar-refractivity contribution is 0.740. The third-order valence-corrected chi connectivity index (χ3v) is 13.6. The van der Waals surface area contributed by atoms with Crippen LogP contribution >= 0.6 is 0 Å². The van der Waals surface area contributed by atoms with Crippen molar-refractivity contribution in [3.8, 4) is 55.6 Å². The number of nitrogens with zero attached hydrogens (tertiary/aromatic N) is 1. The number of allylic oxidation sites excluding steroid dienone is 4. The van der Waals surface area contributed by atoms with Gasteiger partial charge in [0.2, 0.25) is 0 Å². The molecule has 1 heteroatoms. The maximum Gasteiger partial charge on any atom is 0.0725 e. The van der Waals surface area contributed by atoms with E-state index in [0.717, 1.165) is 23.5 Å². The summed E-state index contributed by atoms with van der Waals surface area (Å²) in [6.07, 6.45) is 8.14. The summed E-state index contributed by atoms with van der Waals surface area (Å²) < 4.78 is 0. The normalized spacial score (nSPS) is 15.0. The van der Waals surface area contributed by atoms with Gasteiger partial charge in [-0.1, -0.05) is 219 Å². The maximum atomic E-state index is 2.53. The highest BCUT2D eigenvalue weighted by atomic mass is 15.1. The molecule has 9 aromatic carbocycles. The summed E-state index contributed by atoms with van der Waals surface area (Å²) in [6.45, 7) is 2.32. The Morgan fingerprint density at radius 1 is 0.381 bits per heavy atom. The summed E-state index contributed by atoms with van der Waals surface area (Å²) in [5, 5.41) is 0. The summed E-state index contributed by atoms with van der Waals surface area (Å²) in [4.78, 5) is 2.53. The van der Waals surface area contributed by atoms with E-state index in [1.807, 2.05) is 0 Å². The van der Waals surface area contributed by atoms with Crippen molar-refractivity contribution in [3.05, 3.63) is 264 Å². The Hall–Kier alpha value is -7.74. The van der Waals surface area contributed by atoms with Crippen LogP contribution in [-0.4, -0.2) is 0 Å². The van der Waals surface area contributed by atoms with Gasteiger partial charge in [-0.2, -0.15) is 0 Å². The molecule has 1 nitrogen and oxygen atoms in total. The highest BCUT2D eigenvalue weighted by molar-refractivity contribution is 6.01. The number of fused-ring (bicyclic) bond motifs is 10. The molecule has 3 aliphatic rings. The van der Waals surface area contributed by atoms with Crippen molar-refractivity contribution in [2.45, 2.75) is 18.8 Å². The average Bonchev–Trinajstić information content (AvgIpc) is 3.82. The van der Waals surface area contributed by atoms with E-state index in [-0.39, 0.29) is 0 Å². The Labute approximate surface area is 370 Å². The van der Waals surface area contributed by atoms with E-state index in [0.29, 0.717) is 5.92 Å². The van der Waals surface area contributed by atoms with Crippen LogP contribution in [0.25, 0.3) is 61.2 Å². The monoisotopic (exact) mass is 803 g/mol. The first-order chi connectivity index (χ1) is 31.2. The highest BCUT2D eigenvalue weighted by Crippen LogP contribution is 2.63. The molecule has 9 aromatic rings. The van der Waals surface area contributed by atoms with E-state index in [1.54, 1.807) is 0 Å². The number of anilines is 3. The van der Waals surface area contributed by atoms with Crippen LogP contribution < -0.4 is 4.90 Å². The van der Waals surface area contributed by atoms with Crippen molar-refractivity contribution in [1.29, 1.82) is 0 Å². The van der Waals surface area contributed by atoms with Crippen LogP contribution in [0.2, 0.25) is 0 Å². The minimum Gasteiger partial charge on any atom is -0.309 e. The summed E-state index contributed by atoms with van der Waals surface area (Å²) >= 11 is 0. The third-order valence-electron chi connectivity index (χ3n) is 13.6. The molecule has 1 spiro atoms. The highest BCUT2D eigenvalue weighted by Gasteiger charge is 2.51. The van der Waals surface area contributed by atoms with Crippen LogP contribution in [0.15, 0.2) is 237 Å². The molecule has 0 aliphatic heterocycles. The molecule has 0 N–H and O–H groups in total. The van der Waals surface area contributed by atoms with E-state index < -0.39 is 5.41 Å². The van der Waals surface area contributed by atoms with Crippen LogP contribution in [0, 0.1) is 5.92 Å². The predicted molar refractivity (Wildman–Crippen MR) is 265 cm³/mol. The van der Waals surface area contributed by atoms with Gasteiger partial charge in [-0.3, -0.25) is 0 Å². The molecule has 63 heavy (non-hydrogen) atoms. The van der Waals surface area contributed by atoms with E-state index in [4.69, 9.17) is 0 Å². The van der Waals surface area contributed by atoms with Crippen LogP contribution in [0.3, 0.4) is 0 Å². The zero-order valence-corrected chi connectivity index (χ0v) is 35.2. The zero-order valence-electron chi connectivity index (χ0n) is 35.2. The number of para-hydroxylation sites is 2. The summed E-state index contributed by atoms with van der Waals surface area (Å²) in [5.41, 5.74) is 23.3. The lowest BCUT2D eigenvalue weighted by Gasteiger charge is -2.32. The molecular weight excluding hydrogens is 759 g/mol. The van der Waals surface area contributed by atoms with Gasteiger partial charge in [-0.25, -0.2) is 0 Å². The summed E-state index contributed by atoms with van der Waals surface area (Å²) in [6, 6.07) is 81.0. The molecule has 0 fully saturated rings. The van der Waals surface area contributed by atoms with Crippen LogP contribution in [0.4, 0.5) is 17.1 Å². The molecule has 1 unspecified atom stereocenters. The van der Waals surface area contributed by atoms with Crippen LogP contribution in [0.1, 0.15) is 41.2 Å². The summed E-state index contributed by atoms with van der Waals surface area (Å²) in [7, 11) is 0. The Bertz CT molecular complexity index is 3250. The Morgan fingerprint density at radius 2 is 0.810 bits per heavy atom. The van der Waals surface area contributed by atoms with Gasteiger partial charge in [0.15, 0.2) is 0 Å². The van der Waals surface area contributed by atoms with Crippen molar-refractivity contribution >= 4 is 22.6 Å². The standard InChI is InChI=1S/C62H45N/c1-42-20-19-23-44(40-42)47-25-12-17-36-60(47)63(61-37-18-13-32-54(61)50-28-8-7-27-49(50)48-26-6-5-24-46(48)43-21-3-2-4-22-43)45-38-39-59-55(41-45)53-31-11-16-35-58(53)62(59)56-33-14-9-29-51(56)52-30-10-15-34-57(52)62/h2-19,21-42H,20H2,1H3. The topological polar surface area (TPSA) is 3.24 Å². The second-order valence-corrected chi connectivity index (χ2v) is 17.2. The molecule has 0 saturated carbocycles. The van der Waals surface area contributed by atoms with Gasteiger partial charge in [0.05, 0.1) is 16.8 Å². The fourth-order valence-electron chi connectivity index (χ4n) is 11.0. The molecule has 1 atom stereocenters. The number of benzene rings is 9. The molecule has 298 valence electrons. The quantitative estimate of drug-likeness (QED) is 0.155. The maximum absolute atomic E-state index is 2.53. The summed E-state index contributed by atoms with van der Waals surface area (Å²) in [5.74, 6) is 0.459. The molecular formula is C62H45N. The number of hydrogen-bond donors (Lipinski definition) is 0. The number of rotatable bonds is 7. The molecule has 0 radical (unpaired) electrons. The van der Waals surface area contributed by atoms with E-state index in [2.05, 4.69) is 248 Å². The molecule has 0 bridgehead atoms. The SMILES string of the molecule is CC1C=C(c2ccccc2N(c2ccc3c(c2)-c2ccccc2C32c3ccccc3-c3ccccc32)c2ccccc2-c2ccccc2-c2ccccc2-c2ccccc2)C=CC1. The fourth-order valence-corrected chi connectivity index (χ4v) is 11.0. The lowest BCUT2D eigenvalue weighted by atomic mass is 9.70. The molecule has 0 saturated heterocycles. The fraction of sp³-hybridized carbons (Fsp3) is 0.0645. The van der Waals surface area contributed by atoms with Gasteiger partial charge in [0, 0.05) is 16.8 Å². The molecule has 0 amide bonds. The van der Waals surface area contributed by atoms with Crippen molar-refractivity contribution < 1.29 is 0 Å². The van der Waals surface area contributed by atoms with Gasteiger partial charge in [0.25, 0.3) is 0 Å². The van der Waals surface area contributed by atoms with E-state index >= 15 is 0 Å². The largest absolute Gasteiger partial charge is 0.309 e. The minimum absolute atomic E-state index is 0.406. The second-order valence-electron chi connectivity index (χ2n) is 17.2. The van der Waals surface area contributed by atoms with Crippen molar-refractivity contribution in [3.63, 3.8) is 0 Å². The van der Waals surface area contributed by atoms with Crippen molar-refractivity contribution in [1.82, 2.24) is 0 Å². The first-order valence-corrected chi connectivity index (χ1v) is 22.2. The Balaban J connectivity index is 1.11. The minimum atomic E-state index is -0.406. The first kappa shape index (κ1) is 37.1. The molecule has 0 aromatic heterocycles. The van der Waals surface area contributed by atoms with Gasteiger partial charge >= 0.3 is 0 Å². The lowest BCUT2D eigenvalue weighted by Crippen LogP contribution is -2.25. The first-order valence-electron chi connectivity index (χ1n) is 22.2. The molecule has 3 aliphatic carbocycles. The number of hydrogen-bond acceptors (Lipinski definition) is 1. The van der Waals surface area contributed by atoms with Gasteiger partial charge in [0.1, 0.15) is 0 Å². The zero-order chi connectivity index (χ0) is 41.9. The van der Waals surface area contributed by atoms with Crippen LogP contribution in [0.5, 0.6) is 0 Å². The molecule has 12 rings (SSSR count). The van der Waals surface area contributed by atoms with Gasteiger partial charge < -0.3 is 4.90 Å². The smallest absolute Gasteiger partial charge is 0.0725 e. The van der Waals surface area contributed by atoms with Gasteiger partial charge in [-0.05, 0) is 115 Å². The van der Waals surface area contributed by atoms with Crippen molar-refractivity contribution in [2.24, 2.45) is 5.92 Å². The Kier molecular flexibility index (Phi) is 8.83. The average molecular weight is 804 g/mol.